The number of fused-ring (bicyclic) bond motifs is 1. The van der Waals surface area contributed by atoms with E-state index in [-0.39, 0.29) is 0 Å². The number of hydrogen-bond acceptors (Lipinski definition) is 1. The zero-order valence-corrected chi connectivity index (χ0v) is 10.3. The molecule has 0 aliphatic heterocycles. The molecule has 3 aromatic rings. The first-order chi connectivity index (χ1) is 9.40. The van der Waals surface area contributed by atoms with Gasteiger partial charge in [-0.15, -0.1) is 0 Å². The van der Waals surface area contributed by atoms with E-state index in [9.17, 15) is 4.79 Å². The molecule has 0 N–H and O–H groups in total. The van der Waals surface area contributed by atoms with Crippen molar-refractivity contribution >= 4 is 22.3 Å². The summed E-state index contributed by atoms with van der Waals surface area (Å²) >= 11 is 0. The minimum atomic E-state index is 0.609. The summed E-state index contributed by atoms with van der Waals surface area (Å²) < 4.78 is 0. The molecule has 0 fully saturated rings. The quantitative estimate of drug-likeness (QED) is 0.620. The molecular weight excluding hydrogens is 232 g/mol. The Balaban J connectivity index is 2.27. The van der Waals surface area contributed by atoms with Crippen molar-refractivity contribution in [3.05, 3.63) is 83.9 Å². The predicted molar refractivity (Wildman–Crippen MR) is 78.6 cm³/mol. The lowest BCUT2D eigenvalue weighted by atomic mass is 9.94. The lowest BCUT2D eigenvalue weighted by molar-refractivity contribution is 0.569. The molecule has 19 heavy (non-hydrogen) atoms. The summed E-state index contributed by atoms with van der Waals surface area (Å²) in [6.45, 7) is 0. The fourth-order valence-corrected chi connectivity index (χ4v) is 2.32. The van der Waals surface area contributed by atoms with Crippen LogP contribution in [-0.4, -0.2) is 5.94 Å². The first kappa shape index (κ1) is 11.5. The van der Waals surface area contributed by atoms with Crippen molar-refractivity contribution < 1.29 is 4.79 Å². The van der Waals surface area contributed by atoms with E-state index in [1.807, 2.05) is 72.8 Å². The van der Waals surface area contributed by atoms with E-state index in [2.05, 4.69) is 5.94 Å². The highest BCUT2D eigenvalue weighted by Gasteiger charge is 2.09. The van der Waals surface area contributed by atoms with Gasteiger partial charge in [0.15, 0.2) is 0 Å². The van der Waals surface area contributed by atoms with Gasteiger partial charge in [-0.1, -0.05) is 72.8 Å². The Morgan fingerprint density at radius 1 is 0.737 bits per heavy atom. The van der Waals surface area contributed by atoms with Crippen LogP contribution >= 0.6 is 0 Å². The van der Waals surface area contributed by atoms with E-state index in [0.29, 0.717) is 5.57 Å². The van der Waals surface area contributed by atoms with Gasteiger partial charge in [0, 0.05) is 5.56 Å². The Kier molecular flexibility index (Phi) is 2.97. The second-order valence-electron chi connectivity index (χ2n) is 4.37. The molecule has 0 atom stereocenters. The maximum absolute atomic E-state index is 11.4. The van der Waals surface area contributed by atoms with Crippen molar-refractivity contribution in [1.29, 1.82) is 0 Å². The van der Waals surface area contributed by atoms with E-state index in [4.69, 9.17) is 0 Å². The Labute approximate surface area is 111 Å². The Hall–Kier alpha value is -2.63. The third-order valence-electron chi connectivity index (χ3n) is 3.22. The average molecular weight is 244 g/mol. The molecule has 1 nitrogen and oxygen atoms in total. The second kappa shape index (κ2) is 4.93. The zero-order valence-electron chi connectivity index (χ0n) is 10.3. The second-order valence-corrected chi connectivity index (χ2v) is 4.37. The van der Waals surface area contributed by atoms with Gasteiger partial charge in [0.1, 0.15) is 5.94 Å². The molecule has 90 valence electrons. The average Bonchev–Trinajstić information content (AvgIpc) is 2.49. The van der Waals surface area contributed by atoms with Gasteiger partial charge in [-0.05, 0) is 16.3 Å². The standard InChI is InChI=1S/C18H12O/c19-13-18(15-7-2-1-3-8-15)17-12-6-10-14-9-4-5-11-16(14)17/h1-12H. The van der Waals surface area contributed by atoms with Crippen LogP contribution in [-0.2, 0) is 4.79 Å². The van der Waals surface area contributed by atoms with E-state index in [1.54, 1.807) is 0 Å². The van der Waals surface area contributed by atoms with Crippen LogP contribution in [0.2, 0.25) is 0 Å². The molecule has 0 bridgehead atoms. The minimum absolute atomic E-state index is 0.609. The third kappa shape index (κ3) is 2.08. The number of benzene rings is 3. The van der Waals surface area contributed by atoms with E-state index in [1.165, 1.54) is 0 Å². The van der Waals surface area contributed by atoms with Crippen molar-refractivity contribution in [1.82, 2.24) is 0 Å². The van der Waals surface area contributed by atoms with Gasteiger partial charge in [0.2, 0.25) is 0 Å². The maximum Gasteiger partial charge on any atom is 0.133 e. The molecule has 0 amide bonds. The number of carbonyl (C=O) groups excluding carboxylic acids is 1. The van der Waals surface area contributed by atoms with Crippen LogP contribution in [0.25, 0.3) is 16.3 Å². The highest BCUT2D eigenvalue weighted by Crippen LogP contribution is 2.27. The summed E-state index contributed by atoms with van der Waals surface area (Å²) in [6, 6.07) is 23.7. The van der Waals surface area contributed by atoms with Crippen LogP contribution < -0.4 is 0 Å². The SMILES string of the molecule is O=C=C(c1ccccc1)c1cccc2ccccc12. The Morgan fingerprint density at radius 3 is 2.21 bits per heavy atom. The normalized spacial score (nSPS) is 10.1. The smallest absolute Gasteiger partial charge is 0.133 e. The highest BCUT2D eigenvalue weighted by molar-refractivity contribution is 6.05. The first-order valence-corrected chi connectivity index (χ1v) is 6.19. The Bertz CT molecular complexity index is 761. The molecule has 0 aliphatic carbocycles. The molecule has 3 rings (SSSR count). The van der Waals surface area contributed by atoms with E-state index in [0.717, 1.165) is 21.9 Å². The van der Waals surface area contributed by atoms with Crippen molar-refractivity contribution in [3.63, 3.8) is 0 Å². The van der Waals surface area contributed by atoms with Crippen molar-refractivity contribution in [2.24, 2.45) is 0 Å². The maximum atomic E-state index is 11.4. The lowest BCUT2D eigenvalue weighted by Crippen LogP contribution is -1.90. The predicted octanol–water partition coefficient (Wildman–Crippen LogP) is 4.10. The number of rotatable bonds is 2. The molecule has 0 saturated carbocycles. The van der Waals surface area contributed by atoms with Crippen molar-refractivity contribution in [2.75, 3.05) is 0 Å². The van der Waals surface area contributed by atoms with Crippen LogP contribution in [0, 0.1) is 0 Å². The van der Waals surface area contributed by atoms with Crippen LogP contribution in [0.1, 0.15) is 11.1 Å². The topological polar surface area (TPSA) is 17.1 Å². The summed E-state index contributed by atoms with van der Waals surface area (Å²) in [5.41, 5.74) is 2.44. The minimum Gasteiger partial charge on any atom is -0.233 e. The Morgan fingerprint density at radius 2 is 1.42 bits per heavy atom. The zero-order chi connectivity index (χ0) is 13.1. The molecule has 3 aromatic carbocycles. The summed E-state index contributed by atoms with van der Waals surface area (Å²) in [5, 5.41) is 2.20. The van der Waals surface area contributed by atoms with Gasteiger partial charge in [-0.3, -0.25) is 0 Å². The fraction of sp³-hybridized carbons (Fsp3) is 0. The summed E-state index contributed by atoms with van der Waals surface area (Å²) in [4.78, 5) is 11.4. The van der Waals surface area contributed by atoms with Crippen LogP contribution in [0.5, 0.6) is 0 Å². The summed E-state index contributed by atoms with van der Waals surface area (Å²) in [6.07, 6.45) is 0. The van der Waals surface area contributed by atoms with Gasteiger partial charge < -0.3 is 0 Å². The van der Waals surface area contributed by atoms with Gasteiger partial charge in [-0.25, -0.2) is 4.79 Å². The monoisotopic (exact) mass is 244 g/mol. The summed E-state index contributed by atoms with van der Waals surface area (Å²) in [5.74, 6) is 2.09. The molecule has 0 aliphatic rings. The first-order valence-electron chi connectivity index (χ1n) is 6.19. The lowest BCUT2D eigenvalue weighted by Gasteiger charge is -2.08. The molecule has 0 spiro atoms. The van der Waals surface area contributed by atoms with Crippen LogP contribution in [0.3, 0.4) is 0 Å². The van der Waals surface area contributed by atoms with E-state index < -0.39 is 0 Å². The van der Waals surface area contributed by atoms with E-state index >= 15 is 0 Å². The summed E-state index contributed by atoms with van der Waals surface area (Å²) in [7, 11) is 0. The number of hydrogen-bond donors (Lipinski definition) is 0. The van der Waals surface area contributed by atoms with Gasteiger partial charge >= 0.3 is 0 Å². The molecule has 0 unspecified atom stereocenters. The molecular formula is C18H12O. The van der Waals surface area contributed by atoms with Crippen molar-refractivity contribution in [2.45, 2.75) is 0 Å². The van der Waals surface area contributed by atoms with Gasteiger partial charge in [-0.2, -0.15) is 0 Å². The van der Waals surface area contributed by atoms with Crippen LogP contribution in [0.15, 0.2) is 72.8 Å². The molecule has 0 aromatic heterocycles. The fourth-order valence-electron chi connectivity index (χ4n) is 2.32. The molecule has 1 heteroatoms. The molecule has 0 saturated heterocycles. The highest BCUT2D eigenvalue weighted by atomic mass is 16.1. The molecule has 0 heterocycles. The largest absolute Gasteiger partial charge is 0.233 e. The molecule has 0 radical (unpaired) electrons. The van der Waals surface area contributed by atoms with Crippen molar-refractivity contribution in [3.8, 4) is 0 Å². The third-order valence-corrected chi connectivity index (χ3v) is 3.22. The van der Waals surface area contributed by atoms with Gasteiger partial charge in [0.05, 0.1) is 5.57 Å². The van der Waals surface area contributed by atoms with Gasteiger partial charge in [0.25, 0.3) is 0 Å². The van der Waals surface area contributed by atoms with Crippen LogP contribution in [0.4, 0.5) is 0 Å².